The molecule has 0 atom stereocenters. The van der Waals surface area contributed by atoms with Gasteiger partial charge in [-0.1, -0.05) is 62.8 Å². The molecule has 1 aliphatic carbocycles. The van der Waals surface area contributed by atoms with E-state index in [1.165, 1.54) is 11.6 Å². The molecule has 126 valence electrons. The van der Waals surface area contributed by atoms with Gasteiger partial charge in [0.2, 0.25) is 0 Å². The molecule has 0 nitrogen and oxygen atoms in total. The van der Waals surface area contributed by atoms with Crippen molar-refractivity contribution in [2.24, 2.45) is 0 Å². The van der Waals surface area contributed by atoms with E-state index in [-0.39, 0.29) is 5.41 Å². The van der Waals surface area contributed by atoms with Gasteiger partial charge >= 0.3 is 6.18 Å². The predicted octanol–water partition coefficient (Wildman–Crippen LogP) is 6.63. The summed E-state index contributed by atoms with van der Waals surface area (Å²) in [6, 6.07) is 11.0. The Morgan fingerprint density at radius 1 is 0.875 bits per heavy atom. The van der Waals surface area contributed by atoms with E-state index in [1.807, 2.05) is 25.1 Å². The van der Waals surface area contributed by atoms with E-state index < -0.39 is 11.7 Å². The Hall–Kier alpha value is -2.03. The van der Waals surface area contributed by atoms with Crippen molar-refractivity contribution in [2.75, 3.05) is 0 Å². The number of fused-ring (bicyclic) bond motifs is 1. The molecule has 0 N–H and O–H groups in total. The molecule has 0 spiro atoms. The van der Waals surface area contributed by atoms with Gasteiger partial charge in [-0.25, -0.2) is 0 Å². The minimum Gasteiger partial charge on any atom is -0.166 e. The zero-order valence-corrected chi connectivity index (χ0v) is 14.4. The number of hydrogen-bond donors (Lipinski definition) is 0. The van der Waals surface area contributed by atoms with E-state index in [0.29, 0.717) is 17.5 Å². The van der Waals surface area contributed by atoms with Crippen LogP contribution in [0.2, 0.25) is 0 Å². The van der Waals surface area contributed by atoms with Crippen molar-refractivity contribution < 1.29 is 13.2 Å². The second-order valence-electron chi connectivity index (χ2n) is 7.55. The molecule has 24 heavy (non-hydrogen) atoms. The number of hydrogen-bond acceptors (Lipinski definition) is 0. The van der Waals surface area contributed by atoms with Gasteiger partial charge < -0.3 is 0 Å². The molecule has 0 saturated carbocycles. The Bertz CT molecular complexity index is 801. The first-order chi connectivity index (χ1) is 11.1. The van der Waals surface area contributed by atoms with Crippen molar-refractivity contribution in [2.45, 2.75) is 45.7 Å². The second kappa shape index (κ2) is 5.51. The van der Waals surface area contributed by atoms with Gasteiger partial charge in [-0.2, -0.15) is 13.2 Å². The Labute approximate surface area is 141 Å². The molecular formula is C21H21F3. The molecule has 0 radical (unpaired) electrons. The number of halogens is 3. The largest absolute Gasteiger partial charge is 0.416 e. The Balaban J connectivity index is 2.12. The van der Waals surface area contributed by atoms with Crippen LogP contribution >= 0.6 is 0 Å². The van der Waals surface area contributed by atoms with Gasteiger partial charge in [0.25, 0.3) is 0 Å². The van der Waals surface area contributed by atoms with Gasteiger partial charge in [-0.15, -0.1) is 0 Å². The van der Waals surface area contributed by atoms with Crippen LogP contribution in [0.5, 0.6) is 0 Å². The second-order valence-corrected chi connectivity index (χ2v) is 7.55. The van der Waals surface area contributed by atoms with Crippen molar-refractivity contribution in [1.82, 2.24) is 0 Å². The molecule has 2 aromatic carbocycles. The first-order valence-electron chi connectivity index (χ1n) is 8.08. The summed E-state index contributed by atoms with van der Waals surface area (Å²) in [5.74, 6) is 0. The SMILES string of the molecule is CC1=Cc2c(-c3ccc(C(C)(C)C)cc3)ccc(C(F)(F)F)c2C1. The molecule has 3 rings (SSSR count). The summed E-state index contributed by atoms with van der Waals surface area (Å²) in [4.78, 5) is 0. The van der Waals surface area contributed by atoms with Crippen LogP contribution in [0.25, 0.3) is 17.2 Å². The average Bonchev–Trinajstić information content (AvgIpc) is 2.85. The topological polar surface area (TPSA) is 0 Å². The Kier molecular flexibility index (Phi) is 3.86. The lowest BCUT2D eigenvalue weighted by molar-refractivity contribution is -0.138. The van der Waals surface area contributed by atoms with Crippen LogP contribution in [-0.2, 0) is 18.0 Å². The van der Waals surface area contributed by atoms with Gasteiger partial charge in [0.05, 0.1) is 5.56 Å². The number of allylic oxidation sites excluding steroid dienone is 1. The standard InChI is InChI=1S/C21H21F3/c1-13-11-17-16(9-10-19(18(17)12-13)21(22,23)24)14-5-7-15(8-6-14)20(2,3)4/h5-11H,12H2,1-4H3. The van der Waals surface area contributed by atoms with Crippen LogP contribution in [0.3, 0.4) is 0 Å². The molecule has 2 aromatic rings. The van der Waals surface area contributed by atoms with Crippen molar-refractivity contribution >= 4 is 6.08 Å². The highest BCUT2D eigenvalue weighted by molar-refractivity contribution is 5.81. The summed E-state index contributed by atoms with van der Waals surface area (Å²) in [7, 11) is 0. The highest BCUT2D eigenvalue weighted by atomic mass is 19.4. The van der Waals surface area contributed by atoms with Gasteiger partial charge in [0.15, 0.2) is 0 Å². The third-order valence-corrected chi connectivity index (χ3v) is 4.57. The Morgan fingerprint density at radius 2 is 1.50 bits per heavy atom. The molecule has 0 aromatic heterocycles. The van der Waals surface area contributed by atoms with E-state index in [4.69, 9.17) is 0 Å². The van der Waals surface area contributed by atoms with E-state index in [1.54, 1.807) is 6.07 Å². The minimum absolute atomic E-state index is 0.0527. The number of alkyl halides is 3. The van der Waals surface area contributed by atoms with Crippen molar-refractivity contribution in [3.05, 3.63) is 64.2 Å². The maximum Gasteiger partial charge on any atom is 0.416 e. The van der Waals surface area contributed by atoms with E-state index in [0.717, 1.165) is 16.7 Å². The summed E-state index contributed by atoms with van der Waals surface area (Å²) in [6.07, 6.45) is -2.05. The summed E-state index contributed by atoms with van der Waals surface area (Å²) < 4.78 is 39.8. The van der Waals surface area contributed by atoms with E-state index in [9.17, 15) is 13.2 Å². The van der Waals surface area contributed by atoms with Crippen LogP contribution in [0.1, 0.15) is 49.9 Å². The lowest BCUT2D eigenvalue weighted by Gasteiger charge is -2.20. The molecular weight excluding hydrogens is 309 g/mol. The van der Waals surface area contributed by atoms with Crippen LogP contribution in [0.15, 0.2) is 42.0 Å². The first-order valence-corrected chi connectivity index (χ1v) is 8.08. The molecule has 0 amide bonds. The molecule has 1 aliphatic rings. The quantitative estimate of drug-likeness (QED) is 0.550. The third kappa shape index (κ3) is 3.00. The fraction of sp³-hybridized carbons (Fsp3) is 0.333. The summed E-state index contributed by atoms with van der Waals surface area (Å²) in [5.41, 5.74) is 4.66. The highest BCUT2D eigenvalue weighted by Gasteiger charge is 2.35. The lowest BCUT2D eigenvalue weighted by Crippen LogP contribution is -2.11. The average molecular weight is 330 g/mol. The maximum atomic E-state index is 13.3. The van der Waals surface area contributed by atoms with Gasteiger partial charge in [0.1, 0.15) is 0 Å². The van der Waals surface area contributed by atoms with Gasteiger partial charge in [0, 0.05) is 0 Å². The van der Waals surface area contributed by atoms with Gasteiger partial charge in [-0.3, -0.25) is 0 Å². The van der Waals surface area contributed by atoms with Crippen LogP contribution in [-0.4, -0.2) is 0 Å². The smallest absolute Gasteiger partial charge is 0.166 e. The van der Waals surface area contributed by atoms with Crippen molar-refractivity contribution in [3.63, 3.8) is 0 Å². The predicted molar refractivity (Wildman–Crippen MR) is 92.9 cm³/mol. The molecule has 0 bridgehead atoms. The lowest BCUT2D eigenvalue weighted by atomic mass is 9.85. The summed E-state index contributed by atoms with van der Waals surface area (Å²) in [5, 5.41) is 0. The summed E-state index contributed by atoms with van der Waals surface area (Å²) >= 11 is 0. The zero-order chi connectivity index (χ0) is 17.7. The van der Waals surface area contributed by atoms with Gasteiger partial charge in [-0.05, 0) is 52.6 Å². The van der Waals surface area contributed by atoms with E-state index in [2.05, 4.69) is 32.9 Å². The molecule has 0 fully saturated rings. The van der Waals surface area contributed by atoms with E-state index >= 15 is 0 Å². The maximum absolute atomic E-state index is 13.3. The fourth-order valence-electron chi connectivity index (χ4n) is 3.26. The number of rotatable bonds is 1. The van der Waals surface area contributed by atoms with Crippen molar-refractivity contribution in [1.29, 1.82) is 0 Å². The third-order valence-electron chi connectivity index (χ3n) is 4.57. The molecule has 0 aliphatic heterocycles. The normalized spacial score (nSPS) is 14.5. The highest BCUT2D eigenvalue weighted by Crippen LogP contribution is 2.42. The van der Waals surface area contributed by atoms with Crippen LogP contribution < -0.4 is 0 Å². The first kappa shape index (κ1) is 16.8. The van der Waals surface area contributed by atoms with Crippen LogP contribution in [0, 0.1) is 0 Å². The molecule has 0 heterocycles. The monoisotopic (exact) mass is 330 g/mol. The number of benzene rings is 2. The zero-order valence-electron chi connectivity index (χ0n) is 14.4. The summed E-state index contributed by atoms with van der Waals surface area (Å²) in [6.45, 7) is 8.31. The molecule has 3 heteroatoms. The van der Waals surface area contributed by atoms with Crippen molar-refractivity contribution in [3.8, 4) is 11.1 Å². The van der Waals surface area contributed by atoms with Crippen LogP contribution in [0.4, 0.5) is 13.2 Å². The molecule has 0 saturated heterocycles. The Morgan fingerprint density at radius 3 is 2.04 bits per heavy atom. The minimum atomic E-state index is -4.31. The fourth-order valence-corrected chi connectivity index (χ4v) is 3.26. The molecule has 0 unspecified atom stereocenters.